The van der Waals surface area contributed by atoms with Gasteiger partial charge >= 0.3 is 0 Å². The van der Waals surface area contributed by atoms with E-state index in [-0.39, 0.29) is 17.2 Å². The molecule has 1 aliphatic carbocycles. The van der Waals surface area contributed by atoms with E-state index in [0.29, 0.717) is 11.4 Å². The van der Waals surface area contributed by atoms with Crippen LogP contribution in [0.25, 0.3) is 0 Å². The summed E-state index contributed by atoms with van der Waals surface area (Å²) in [5.74, 6) is 0.169. The molecule has 2 rings (SSSR count). The van der Waals surface area contributed by atoms with Gasteiger partial charge < -0.3 is 11.1 Å². The average Bonchev–Trinajstić information content (AvgIpc) is 2.32. The highest BCUT2D eigenvalue weighted by Gasteiger charge is 2.37. The maximum absolute atomic E-state index is 12.4. The molecule has 0 bridgehead atoms. The largest absolute Gasteiger partial charge is 0.397 e. The van der Waals surface area contributed by atoms with E-state index in [2.05, 4.69) is 35.1 Å². The summed E-state index contributed by atoms with van der Waals surface area (Å²) in [7, 11) is 0. The molecule has 1 amide bonds. The van der Waals surface area contributed by atoms with Gasteiger partial charge in [0.25, 0.3) is 0 Å². The molecule has 0 aliphatic heterocycles. The van der Waals surface area contributed by atoms with Crippen molar-refractivity contribution in [2.24, 2.45) is 11.3 Å². The molecular weight excluding hydrogens is 304 g/mol. The number of hydrogen-bond acceptors (Lipinski definition) is 2. The number of halogens is 1. The summed E-state index contributed by atoms with van der Waals surface area (Å²) < 4.78 is 0.918. The van der Waals surface area contributed by atoms with Crippen LogP contribution < -0.4 is 11.1 Å². The predicted molar refractivity (Wildman–Crippen MR) is 82.9 cm³/mol. The van der Waals surface area contributed by atoms with Crippen LogP contribution in [0.2, 0.25) is 0 Å². The lowest BCUT2D eigenvalue weighted by atomic mass is 9.68. The van der Waals surface area contributed by atoms with E-state index in [1.165, 1.54) is 6.42 Å². The quantitative estimate of drug-likeness (QED) is 0.801. The van der Waals surface area contributed by atoms with E-state index in [0.717, 1.165) is 23.7 Å². The Morgan fingerprint density at radius 1 is 1.42 bits per heavy atom. The van der Waals surface area contributed by atoms with Crippen LogP contribution in [0, 0.1) is 11.3 Å². The zero-order chi connectivity index (χ0) is 14.0. The molecular formula is C15H21BrN2O. The van der Waals surface area contributed by atoms with Crippen LogP contribution in [0.5, 0.6) is 0 Å². The number of benzene rings is 1. The first kappa shape index (κ1) is 14.4. The topological polar surface area (TPSA) is 55.1 Å². The number of anilines is 2. The molecule has 3 nitrogen and oxygen atoms in total. The lowest BCUT2D eigenvalue weighted by Gasteiger charge is -2.37. The number of carbonyl (C=O) groups is 1. The van der Waals surface area contributed by atoms with Gasteiger partial charge in [-0.2, -0.15) is 0 Å². The Labute approximate surface area is 123 Å². The third-order valence-electron chi connectivity index (χ3n) is 4.10. The molecule has 4 heteroatoms. The van der Waals surface area contributed by atoms with Crippen molar-refractivity contribution in [3.05, 3.63) is 22.7 Å². The number of amides is 1. The molecule has 0 saturated heterocycles. The third kappa shape index (κ3) is 3.30. The monoisotopic (exact) mass is 324 g/mol. The highest BCUT2D eigenvalue weighted by atomic mass is 79.9. The molecule has 104 valence electrons. The van der Waals surface area contributed by atoms with Gasteiger partial charge in [0.1, 0.15) is 0 Å². The predicted octanol–water partition coefficient (Wildman–Crippen LogP) is 4.19. The van der Waals surface area contributed by atoms with Crippen molar-refractivity contribution in [3.63, 3.8) is 0 Å². The molecule has 0 aromatic heterocycles. The van der Waals surface area contributed by atoms with Crippen molar-refractivity contribution in [3.8, 4) is 0 Å². The molecule has 1 aromatic carbocycles. The summed E-state index contributed by atoms with van der Waals surface area (Å²) in [5, 5.41) is 2.98. The van der Waals surface area contributed by atoms with Crippen molar-refractivity contribution in [2.75, 3.05) is 11.1 Å². The average molecular weight is 325 g/mol. The number of rotatable bonds is 2. The Kier molecular flexibility index (Phi) is 4.19. The summed E-state index contributed by atoms with van der Waals surface area (Å²) in [5.41, 5.74) is 7.30. The van der Waals surface area contributed by atoms with E-state index in [1.54, 1.807) is 0 Å². The Morgan fingerprint density at radius 2 is 2.16 bits per heavy atom. The molecule has 19 heavy (non-hydrogen) atoms. The second kappa shape index (κ2) is 5.53. The Hall–Kier alpha value is -1.03. The lowest BCUT2D eigenvalue weighted by Crippen LogP contribution is -2.37. The van der Waals surface area contributed by atoms with E-state index in [9.17, 15) is 4.79 Å². The first-order valence-electron chi connectivity index (χ1n) is 6.76. The molecule has 1 fully saturated rings. The molecule has 1 aromatic rings. The van der Waals surface area contributed by atoms with Gasteiger partial charge in [-0.05, 0) is 36.5 Å². The number of hydrogen-bond donors (Lipinski definition) is 2. The molecule has 1 saturated carbocycles. The van der Waals surface area contributed by atoms with Crippen LogP contribution in [0.3, 0.4) is 0 Å². The van der Waals surface area contributed by atoms with Gasteiger partial charge in [-0.15, -0.1) is 0 Å². The van der Waals surface area contributed by atoms with E-state index in [4.69, 9.17) is 5.73 Å². The highest BCUT2D eigenvalue weighted by molar-refractivity contribution is 9.10. The van der Waals surface area contributed by atoms with Gasteiger partial charge in [0, 0.05) is 10.4 Å². The minimum Gasteiger partial charge on any atom is -0.397 e. The smallest absolute Gasteiger partial charge is 0.228 e. The fraction of sp³-hybridized carbons (Fsp3) is 0.533. The summed E-state index contributed by atoms with van der Waals surface area (Å²) in [6.45, 7) is 4.36. The standard InChI is InChI=1S/C15H21BrN2O/c1-15(2)8-4-3-5-11(15)14(19)18-13-7-6-10(16)9-12(13)17/h6-7,9,11H,3-5,8,17H2,1-2H3,(H,18,19). The van der Waals surface area contributed by atoms with E-state index >= 15 is 0 Å². The minimum absolute atomic E-state index is 0.0734. The first-order valence-corrected chi connectivity index (χ1v) is 7.55. The van der Waals surface area contributed by atoms with Crippen LogP contribution in [-0.2, 0) is 4.79 Å². The SMILES string of the molecule is CC1(C)CCCCC1C(=O)Nc1ccc(Br)cc1N. The second-order valence-electron chi connectivity index (χ2n) is 6.01. The summed E-state index contributed by atoms with van der Waals surface area (Å²) in [6, 6.07) is 5.53. The van der Waals surface area contributed by atoms with Gasteiger partial charge in [-0.25, -0.2) is 0 Å². The normalized spacial score (nSPS) is 21.9. The maximum atomic E-state index is 12.4. The van der Waals surface area contributed by atoms with Crippen molar-refractivity contribution >= 4 is 33.2 Å². The van der Waals surface area contributed by atoms with Crippen molar-refractivity contribution < 1.29 is 4.79 Å². The zero-order valence-electron chi connectivity index (χ0n) is 11.5. The third-order valence-corrected chi connectivity index (χ3v) is 4.59. The number of nitrogen functional groups attached to an aromatic ring is 1. The van der Waals surface area contributed by atoms with E-state index < -0.39 is 0 Å². The Balaban J connectivity index is 2.12. The van der Waals surface area contributed by atoms with E-state index in [1.807, 2.05) is 18.2 Å². The molecule has 0 spiro atoms. The Bertz CT molecular complexity index is 485. The van der Waals surface area contributed by atoms with Crippen LogP contribution >= 0.6 is 15.9 Å². The number of nitrogens with one attached hydrogen (secondary N) is 1. The zero-order valence-corrected chi connectivity index (χ0v) is 13.1. The van der Waals surface area contributed by atoms with Gasteiger partial charge in [-0.3, -0.25) is 4.79 Å². The lowest BCUT2D eigenvalue weighted by molar-refractivity contribution is -0.124. The summed E-state index contributed by atoms with van der Waals surface area (Å²) in [6.07, 6.45) is 4.44. The molecule has 1 atom stereocenters. The molecule has 1 unspecified atom stereocenters. The van der Waals surface area contributed by atoms with Crippen molar-refractivity contribution in [1.29, 1.82) is 0 Å². The minimum atomic E-state index is 0.0734. The second-order valence-corrected chi connectivity index (χ2v) is 6.92. The summed E-state index contributed by atoms with van der Waals surface area (Å²) >= 11 is 3.36. The fourth-order valence-electron chi connectivity index (χ4n) is 2.85. The van der Waals surface area contributed by atoms with Crippen LogP contribution in [0.15, 0.2) is 22.7 Å². The molecule has 3 N–H and O–H groups in total. The Morgan fingerprint density at radius 3 is 2.79 bits per heavy atom. The summed E-state index contributed by atoms with van der Waals surface area (Å²) in [4.78, 5) is 12.4. The molecule has 0 heterocycles. The van der Waals surface area contributed by atoms with Crippen molar-refractivity contribution in [1.82, 2.24) is 0 Å². The molecule has 1 aliphatic rings. The van der Waals surface area contributed by atoms with Gasteiger partial charge in [0.05, 0.1) is 11.4 Å². The van der Waals surface area contributed by atoms with Crippen LogP contribution in [0.1, 0.15) is 39.5 Å². The van der Waals surface area contributed by atoms with Crippen molar-refractivity contribution in [2.45, 2.75) is 39.5 Å². The van der Waals surface area contributed by atoms with Gasteiger partial charge in [0.15, 0.2) is 0 Å². The van der Waals surface area contributed by atoms with Crippen LogP contribution in [-0.4, -0.2) is 5.91 Å². The van der Waals surface area contributed by atoms with Crippen LogP contribution in [0.4, 0.5) is 11.4 Å². The van der Waals surface area contributed by atoms with Gasteiger partial charge in [-0.1, -0.05) is 42.6 Å². The van der Waals surface area contributed by atoms with Gasteiger partial charge in [0.2, 0.25) is 5.91 Å². The number of carbonyl (C=O) groups excluding carboxylic acids is 1. The fourth-order valence-corrected chi connectivity index (χ4v) is 3.23. The number of nitrogens with two attached hydrogens (primary N) is 1. The molecule has 0 radical (unpaired) electrons. The highest BCUT2D eigenvalue weighted by Crippen LogP contribution is 2.41. The first-order chi connectivity index (χ1) is 8.90. The maximum Gasteiger partial charge on any atom is 0.228 e.